The second-order valence-electron chi connectivity index (χ2n) is 6.98. The standard InChI is InChI=1S/C18H30N4O/c1-4-15-10-22(11-16(5-2)23-15)18-7-6-17(12(3)20-18)21-14-8-13(19)9-14/h6-7,13-16,21H,4-5,8-11,19H2,1-3H3/t13?,14?,15-,16+. The summed E-state index contributed by atoms with van der Waals surface area (Å²) < 4.78 is 6.08. The predicted octanol–water partition coefficient (Wildman–Crippen LogP) is 2.69. The van der Waals surface area contributed by atoms with E-state index in [1.807, 2.05) is 0 Å². The van der Waals surface area contributed by atoms with Crippen molar-refractivity contribution in [2.45, 2.75) is 70.7 Å². The van der Waals surface area contributed by atoms with Gasteiger partial charge in [0.1, 0.15) is 5.82 Å². The number of rotatable bonds is 5. The van der Waals surface area contributed by atoms with E-state index < -0.39 is 0 Å². The van der Waals surface area contributed by atoms with Gasteiger partial charge in [-0.15, -0.1) is 0 Å². The lowest BCUT2D eigenvalue weighted by atomic mass is 9.87. The van der Waals surface area contributed by atoms with E-state index in [1.165, 1.54) is 0 Å². The number of anilines is 2. The van der Waals surface area contributed by atoms with Gasteiger partial charge in [-0.2, -0.15) is 0 Å². The highest BCUT2D eigenvalue weighted by Crippen LogP contribution is 2.27. The van der Waals surface area contributed by atoms with Crippen molar-refractivity contribution in [1.29, 1.82) is 0 Å². The highest BCUT2D eigenvalue weighted by Gasteiger charge is 2.28. The molecule has 1 saturated heterocycles. The molecule has 128 valence electrons. The fourth-order valence-electron chi connectivity index (χ4n) is 3.44. The normalized spacial score (nSPS) is 30.9. The Morgan fingerprint density at radius 2 is 1.87 bits per heavy atom. The lowest BCUT2D eigenvalue weighted by molar-refractivity contribution is -0.0287. The van der Waals surface area contributed by atoms with Crippen LogP contribution in [-0.4, -0.2) is 42.4 Å². The number of aromatic nitrogens is 1. The molecule has 2 aliphatic rings. The average Bonchev–Trinajstić information content (AvgIpc) is 2.54. The third-order valence-electron chi connectivity index (χ3n) is 5.07. The van der Waals surface area contributed by atoms with Crippen molar-refractivity contribution >= 4 is 11.5 Å². The number of nitrogens with two attached hydrogens (primary N) is 1. The number of morpholine rings is 1. The molecule has 2 atom stereocenters. The minimum Gasteiger partial charge on any atom is -0.381 e. The molecule has 0 spiro atoms. The highest BCUT2D eigenvalue weighted by atomic mass is 16.5. The fraction of sp³-hybridized carbons (Fsp3) is 0.722. The molecule has 1 aliphatic carbocycles. The number of hydrogen-bond acceptors (Lipinski definition) is 5. The van der Waals surface area contributed by atoms with Gasteiger partial charge in [-0.25, -0.2) is 4.98 Å². The van der Waals surface area contributed by atoms with Crippen molar-refractivity contribution in [1.82, 2.24) is 4.98 Å². The van der Waals surface area contributed by atoms with Crippen LogP contribution in [0.1, 0.15) is 45.2 Å². The van der Waals surface area contributed by atoms with E-state index in [-0.39, 0.29) is 0 Å². The van der Waals surface area contributed by atoms with Crippen molar-refractivity contribution in [2.75, 3.05) is 23.3 Å². The lowest BCUT2D eigenvalue weighted by Gasteiger charge is -2.38. The van der Waals surface area contributed by atoms with E-state index in [0.29, 0.717) is 24.3 Å². The minimum absolute atomic E-state index is 0.310. The second-order valence-corrected chi connectivity index (χ2v) is 6.98. The molecule has 2 heterocycles. The van der Waals surface area contributed by atoms with E-state index in [2.05, 4.69) is 43.1 Å². The molecule has 0 unspecified atom stereocenters. The van der Waals surface area contributed by atoms with E-state index >= 15 is 0 Å². The first-order chi connectivity index (χ1) is 11.1. The largest absolute Gasteiger partial charge is 0.381 e. The number of hydrogen-bond donors (Lipinski definition) is 2. The summed E-state index contributed by atoms with van der Waals surface area (Å²) in [4.78, 5) is 7.22. The van der Waals surface area contributed by atoms with Crippen LogP contribution in [-0.2, 0) is 4.74 Å². The van der Waals surface area contributed by atoms with E-state index in [4.69, 9.17) is 15.5 Å². The van der Waals surface area contributed by atoms with Gasteiger partial charge in [0.15, 0.2) is 0 Å². The number of nitrogens with zero attached hydrogens (tertiary/aromatic N) is 2. The predicted molar refractivity (Wildman–Crippen MR) is 95.1 cm³/mol. The molecule has 1 aromatic rings. The summed E-state index contributed by atoms with van der Waals surface area (Å²) in [6.45, 7) is 8.33. The van der Waals surface area contributed by atoms with Crippen LogP contribution in [0.25, 0.3) is 0 Å². The molecular weight excluding hydrogens is 288 g/mol. The average molecular weight is 318 g/mol. The van der Waals surface area contributed by atoms with Crippen LogP contribution in [0, 0.1) is 6.92 Å². The Morgan fingerprint density at radius 1 is 1.22 bits per heavy atom. The van der Waals surface area contributed by atoms with Crippen molar-refractivity contribution < 1.29 is 4.74 Å². The summed E-state index contributed by atoms with van der Waals surface area (Å²) in [6.07, 6.45) is 4.83. The summed E-state index contributed by atoms with van der Waals surface area (Å²) >= 11 is 0. The third kappa shape index (κ3) is 3.78. The molecule has 5 nitrogen and oxygen atoms in total. The van der Waals surface area contributed by atoms with Crippen molar-refractivity contribution in [3.63, 3.8) is 0 Å². The van der Waals surface area contributed by atoms with E-state index in [9.17, 15) is 0 Å². The van der Waals surface area contributed by atoms with Crippen LogP contribution in [0.4, 0.5) is 11.5 Å². The van der Waals surface area contributed by atoms with Gasteiger partial charge >= 0.3 is 0 Å². The maximum atomic E-state index is 6.08. The van der Waals surface area contributed by atoms with Crippen LogP contribution in [0.5, 0.6) is 0 Å². The maximum Gasteiger partial charge on any atom is 0.129 e. The Balaban J connectivity index is 1.68. The molecule has 1 saturated carbocycles. The minimum atomic E-state index is 0.310. The van der Waals surface area contributed by atoms with Gasteiger partial charge < -0.3 is 20.7 Å². The lowest BCUT2D eigenvalue weighted by Crippen LogP contribution is -2.47. The molecule has 3 N–H and O–H groups in total. The Bertz CT molecular complexity index is 518. The molecular formula is C18H30N4O. The zero-order valence-corrected chi connectivity index (χ0v) is 14.6. The van der Waals surface area contributed by atoms with Gasteiger partial charge in [0.05, 0.1) is 23.6 Å². The Morgan fingerprint density at radius 3 is 2.39 bits per heavy atom. The number of ether oxygens (including phenoxy) is 1. The highest BCUT2D eigenvalue weighted by molar-refractivity contribution is 5.54. The van der Waals surface area contributed by atoms with Gasteiger partial charge in [-0.05, 0) is 44.7 Å². The van der Waals surface area contributed by atoms with E-state index in [0.717, 1.165) is 56.0 Å². The van der Waals surface area contributed by atoms with Crippen molar-refractivity contribution in [3.05, 3.63) is 17.8 Å². The SMILES string of the molecule is CC[C@@H]1CN(c2ccc(NC3CC(N)C3)c(C)n2)C[C@H](CC)O1. The molecule has 0 amide bonds. The fourth-order valence-corrected chi connectivity index (χ4v) is 3.44. The number of nitrogens with one attached hydrogen (secondary N) is 1. The summed E-state index contributed by atoms with van der Waals surface area (Å²) in [6, 6.07) is 5.18. The molecule has 2 fully saturated rings. The quantitative estimate of drug-likeness (QED) is 0.874. The summed E-state index contributed by atoms with van der Waals surface area (Å²) in [5.41, 5.74) is 8.06. The first-order valence-electron chi connectivity index (χ1n) is 8.99. The van der Waals surface area contributed by atoms with Gasteiger partial charge in [0.2, 0.25) is 0 Å². The third-order valence-corrected chi connectivity index (χ3v) is 5.07. The Hall–Kier alpha value is -1.33. The van der Waals surface area contributed by atoms with Gasteiger partial charge in [0, 0.05) is 25.2 Å². The molecule has 3 rings (SSSR count). The van der Waals surface area contributed by atoms with Crippen LogP contribution < -0.4 is 16.0 Å². The van der Waals surface area contributed by atoms with E-state index in [1.54, 1.807) is 0 Å². The Labute approximate surface area is 139 Å². The zero-order chi connectivity index (χ0) is 16.4. The van der Waals surface area contributed by atoms with Crippen LogP contribution in [0.2, 0.25) is 0 Å². The topological polar surface area (TPSA) is 63.4 Å². The van der Waals surface area contributed by atoms with Crippen LogP contribution in [0.3, 0.4) is 0 Å². The Kier molecular flexibility index (Phi) is 5.07. The van der Waals surface area contributed by atoms with Crippen molar-refractivity contribution in [2.24, 2.45) is 5.73 Å². The molecule has 0 radical (unpaired) electrons. The molecule has 23 heavy (non-hydrogen) atoms. The summed E-state index contributed by atoms with van der Waals surface area (Å²) in [7, 11) is 0. The van der Waals surface area contributed by atoms with Gasteiger partial charge in [-0.3, -0.25) is 0 Å². The smallest absolute Gasteiger partial charge is 0.129 e. The van der Waals surface area contributed by atoms with Crippen LogP contribution in [0.15, 0.2) is 12.1 Å². The van der Waals surface area contributed by atoms with Crippen molar-refractivity contribution in [3.8, 4) is 0 Å². The summed E-state index contributed by atoms with van der Waals surface area (Å²) in [5, 5.41) is 3.56. The zero-order valence-electron chi connectivity index (χ0n) is 14.6. The molecule has 0 bridgehead atoms. The second kappa shape index (κ2) is 7.05. The molecule has 5 heteroatoms. The maximum absolute atomic E-state index is 6.08. The molecule has 1 aromatic heterocycles. The molecule has 0 aromatic carbocycles. The monoisotopic (exact) mass is 318 g/mol. The van der Waals surface area contributed by atoms with Gasteiger partial charge in [-0.1, -0.05) is 13.8 Å². The first kappa shape index (κ1) is 16.5. The molecule has 1 aliphatic heterocycles. The summed E-state index contributed by atoms with van der Waals surface area (Å²) in [5.74, 6) is 1.07. The van der Waals surface area contributed by atoms with Gasteiger partial charge in [0.25, 0.3) is 0 Å². The number of aryl methyl sites for hydroxylation is 1. The number of pyridine rings is 1. The van der Waals surface area contributed by atoms with Crippen LogP contribution >= 0.6 is 0 Å². The first-order valence-corrected chi connectivity index (χ1v) is 8.99.